The summed E-state index contributed by atoms with van der Waals surface area (Å²) in [5.41, 5.74) is 2.97. The van der Waals surface area contributed by atoms with Crippen LogP contribution in [0.15, 0.2) is 161 Å². The van der Waals surface area contributed by atoms with Crippen LogP contribution < -0.4 is 52.8 Å². The largest absolute Gasteiger partial charge is 0.405 e. The van der Waals surface area contributed by atoms with Gasteiger partial charge in [0.15, 0.2) is 64.0 Å². The molecule has 774 valence electrons. The van der Waals surface area contributed by atoms with Gasteiger partial charge < -0.3 is 77.7 Å². The number of likely N-dealkylation sites (N-methyl/N-ethyl adjacent to an activating group) is 1. The Hall–Kier alpha value is -17.3. The normalized spacial score (nSPS) is 12.9. The van der Waals surface area contributed by atoms with Crippen LogP contribution in [0.2, 0.25) is 0 Å². The molecule has 0 spiro atoms. The maximum atomic E-state index is 14.5. The first-order valence-corrected chi connectivity index (χ1v) is 43.4. The van der Waals surface area contributed by atoms with Crippen molar-refractivity contribution in [1.82, 2.24) is 156 Å². The average molecular weight is 2070 g/mol. The highest BCUT2D eigenvalue weighted by Crippen LogP contribution is 2.36. The number of anilines is 5. The number of alkyl halides is 15. The number of carbonyl (C=O) groups excluding carboxylic acids is 5. The second-order valence-corrected chi connectivity index (χ2v) is 33.5. The zero-order valence-corrected chi connectivity index (χ0v) is 78.2. The third kappa shape index (κ3) is 28.8. The topological polar surface area (TPSA) is 546 Å². The van der Waals surface area contributed by atoms with E-state index in [4.69, 9.17) is 0 Å². The number of H-pyrrole nitrogens is 5. The van der Waals surface area contributed by atoms with E-state index in [0.717, 1.165) is 29.4 Å². The number of nitrogens with one attached hydrogen (secondary N) is 14. The maximum absolute atomic E-state index is 14.5. The summed E-state index contributed by atoms with van der Waals surface area (Å²) in [7, 11) is 1.39. The number of fused-ring (bicyclic) bond motifs is 5. The van der Waals surface area contributed by atoms with E-state index >= 15 is 0 Å². The van der Waals surface area contributed by atoms with Crippen molar-refractivity contribution in [2.24, 2.45) is 17.8 Å². The number of rotatable bonds is 29. The minimum absolute atomic E-state index is 0.0931. The zero-order valence-electron chi connectivity index (χ0n) is 78.2. The second-order valence-electron chi connectivity index (χ2n) is 33.5. The van der Waals surface area contributed by atoms with E-state index in [2.05, 4.69) is 151 Å². The van der Waals surface area contributed by atoms with Gasteiger partial charge in [-0.1, -0.05) is 47.6 Å². The molecule has 0 bridgehead atoms. The van der Waals surface area contributed by atoms with Gasteiger partial charge in [-0.2, -0.15) is 65.9 Å². The maximum Gasteiger partial charge on any atom is 0.405 e. The molecule has 0 aliphatic heterocycles. The highest BCUT2D eigenvalue weighted by Gasteiger charge is 2.42. The number of nitrogens with zero attached hydrogens (tertiary/aromatic N) is 22. The zero-order chi connectivity index (χ0) is 107. The molecular weight excluding hydrogens is 1980 g/mol. The van der Waals surface area contributed by atoms with E-state index in [9.17, 15) is 103 Å². The van der Waals surface area contributed by atoms with Gasteiger partial charge in [-0.25, -0.2) is 113 Å². The Morgan fingerprint density at radius 1 is 0.361 bits per heavy atom. The Morgan fingerprint density at radius 3 is 1.12 bits per heavy atom. The fraction of sp³-hybridized carbons (Fsp3) is 0.318. The quantitative estimate of drug-likeness (QED) is 0.0194. The number of hydrogen-bond donors (Lipinski definition) is 14. The molecule has 0 radical (unpaired) electrons. The van der Waals surface area contributed by atoms with Gasteiger partial charge in [0.2, 0.25) is 29.5 Å². The van der Waals surface area contributed by atoms with Crippen LogP contribution >= 0.6 is 0 Å². The van der Waals surface area contributed by atoms with Gasteiger partial charge in [0.05, 0.1) is 18.6 Å². The van der Waals surface area contributed by atoms with Crippen molar-refractivity contribution in [1.29, 1.82) is 0 Å². The molecule has 14 N–H and O–H groups in total. The van der Waals surface area contributed by atoms with E-state index in [-0.39, 0.29) is 46.4 Å². The van der Waals surface area contributed by atoms with Crippen LogP contribution in [0.1, 0.15) is 73.9 Å². The molecule has 16 heterocycles. The Balaban J connectivity index is 0.000000163. The highest BCUT2D eigenvalue weighted by molar-refractivity contribution is 5.97. The molecule has 4 atom stereocenters. The Morgan fingerprint density at radius 2 is 0.721 bits per heavy atom. The molecule has 5 amide bonds. The van der Waals surface area contributed by atoms with Crippen molar-refractivity contribution in [3.05, 3.63) is 184 Å². The van der Waals surface area contributed by atoms with Crippen LogP contribution in [-0.4, -0.2) is 253 Å². The highest BCUT2D eigenvalue weighted by atomic mass is 19.4. The van der Waals surface area contributed by atoms with Crippen LogP contribution in [-0.2, 0) is 24.0 Å². The first-order valence-electron chi connectivity index (χ1n) is 43.4. The predicted octanol–water partition coefficient (Wildman–Crippen LogP) is 13.3. The number of hydrogen-bond acceptors (Lipinski definition) is 31. The fourth-order valence-electron chi connectivity index (χ4n) is 13.7. The summed E-state index contributed by atoms with van der Waals surface area (Å²) in [6, 6.07) is 2.65. The van der Waals surface area contributed by atoms with Crippen LogP contribution in [0.4, 0.5) is 108 Å². The molecule has 0 saturated heterocycles. The lowest BCUT2D eigenvalue weighted by atomic mass is 9.87. The molecule has 59 heteroatoms. The molecule has 147 heavy (non-hydrogen) atoms. The minimum atomic E-state index is -4.61. The van der Waals surface area contributed by atoms with Gasteiger partial charge >= 0.3 is 30.9 Å². The number of amides is 5. The lowest BCUT2D eigenvalue weighted by molar-refractivity contribution is -0.141. The molecule has 16 aromatic rings. The van der Waals surface area contributed by atoms with Gasteiger partial charge in [0.1, 0.15) is 133 Å². The van der Waals surface area contributed by atoms with E-state index in [0.29, 0.717) is 95.5 Å². The van der Waals surface area contributed by atoms with Gasteiger partial charge in [-0.3, -0.25) is 29.0 Å². The predicted molar refractivity (Wildman–Crippen MR) is 494 cm³/mol. The number of carbonyl (C=O) groups is 5. The SMILES string of the molecule is CC(C)(Nc1ccnc(-c2c[nH]c3ncncc23)n1)C(=O)NCC(F)(F)F.CC(C)C(C(=O)NCC(F)(F)F)N(C)c1nc(-c2c[nH]c3ncncc23)ncc1F.CC(C)[C@@H](Nc1ccnc(-c2c[nH]c3ncncc23)n1)C(=O)NCC(F)(F)F.CC(C)[C@@](C)(Nc1nc(-c2c[nH]c3ncncc23)ncc1F)C(=O)NCC(F)(F)F.O=C(NCC(F)(F)F)C(Nc1nc(-c2c[nH]c3ncncc23)ncc1F)c1cccnc1. The molecule has 0 saturated carbocycles. The van der Waals surface area contributed by atoms with E-state index < -0.39 is 152 Å². The van der Waals surface area contributed by atoms with Crippen molar-refractivity contribution >= 4 is 114 Å². The van der Waals surface area contributed by atoms with Crippen molar-refractivity contribution in [2.45, 2.75) is 122 Å². The first kappa shape index (κ1) is 109. The molecular formula is C88H86F18N36O5. The van der Waals surface area contributed by atoms with Crippen LogP contribution in [0.3, 0.4) is 0 Å². The van der Waals surface area contributed by atoms with E-state index in [1.165, 1.54) is 120 Å². The van der Waals surface area contributed by atoms with E-state index in [1.807, 2.05) is 21.3 Å². The number of aromatic amines is 5. The third-order valence-corrected chi connectivity index (χ3v) is 21.3. The summed E-state index contributed by atoms with van der Waals surface area (Å²) in [5.74, 6) is -7.39. The fourth-order valence-corrected chi connectivity index (χ4v) is 13.7. The van der Waals surface area contributed by atoms with Crippen molar-refractivity contribution < 1.29 is 103 Å². The van der Waals surface area contributed by atoms with Crippen LogP contribution in [0, 0.1) is 35.2 Å². The molecule has 2 unspecified atom stereocenters. The molecule has 0 fully saturated rings. The lowest BCUT2D eigenvalue weighted by Crippen LogP contribution is -2.55. The van der Waals surface area contributed by atoms with Crippen molar-refractivity contribution in [3.8, 4) is 56.9 Å². The summed E-state index contributed by atoms with van der Waals surface area (Å²) in [5, 5.41) is 23.4. The van der Waals surface area contributed by atoms with Gasteiger partial charge in [0.25, 0.3) is 0 Å². The molecule has 0 aliphatic rings. The van der Waals surface area contributed by atoms with Crippen LogP contribution in [0.5, 0.6) is 0 Å². The standard InChI is InChI=1S/C19H14F4N8O.2C18H19F4N7O.C17H18F3N7O.C16H16F3N7O/c20-13-7-27-16(12-6-26-15-11(12)5-25-9-29-15)31-17(13)30-14(10-2-1-3-24-4-10)18(32)28-8-19(21,22)23;1-9(2)17(3,16(30)26-7-18(20,21)22)29-15-12(19)6-25-14(28-15)11-5-24-13-10(11)4-23-8-27-13;1-9(2)13(17(30)26-7-18(20,21)22)29(3)16-12(19)6-25-15(28-16)11-5-24-14-10(11)4-23-8-27-14;1-9(2)13(16(28)24-7-17(18,19)20)26-12-3-4-22-15(27-12)11-6-23-14-10(11)5-21-8-25-14;1-15(2,14(27)23-7-16(17,18)19)26-11-3-4-21-13(25-11)10-6-22-12-9(10)5-20-8-24-12/h1-7,9,14H,8H2,(H,28,32)(H,25,26,29)(H,27,30,31);4-6,8-9H,7H2,1-3H3,(H,26,30)(H,23,24,27)(H,25,28,29);4-6,8-9,13H,7H2,1-3H3,(H,26,30)(H,23,24,27);3-6,8-9,13H,7H2,1-2H3,(H,24,28)(H,21,23,25)(H,22,26,27);3-6,8H,7H2,1-2H3,(H,23,27)(H,20,22,24)(H,21,25,26)/t;17-;;13-;/m.1.1./s1. The van der Waals surface area contributed by atoms with Gasteiger partial charge in [-0.05, 0) is 56.7 Å². The Kier molecular flexibility index (Phi) is 34.0. The number of aromatic nitrogens is 26. The summed E-state index contributed by atoms with van der Waals surface area (Å²) >= 11 is 0. The molecule has 16 rings (SSSR count). The average Bonchev–Trinajstić information content (AvgIpc) is 1.79. The molecule has 41 nitrogen and oxygen atoms in total. The van der Waals surface area contributed by atoms with E-state index in [1.54, 1.807) is 103 Å². The summed E-state index contributed by atoms with van der Waals surface area (Å²) in [4.78, 5) is 163. The Labute approximate surface area is 817 Å². The van der Waals surface area contributed by atoms with Gasteiger partial charge in [-0.15, -0.1) is 0 Å². The minimum Gasteiger partial charge on any atom is -0.358 e. The second kappa shape index (κ2) is 46.0. The molecule has 0 aromatic carbocycles. The number of halogens is 18. The van der Waals surface area contributed by atoms with Crippen molar-refractivity contribution in [3.63, 3.8) is 0 Å². The summed E-state index contributed by atoms with van der Waals surface area (Å²) < 4.78 is 230. The lowest BCUT2D eigenvalue weighted by Gasteiger charge is -2.34. The third-order valence-electron chi connectivity index (χ3n) is 21.3. The first-order chi connectivity index (χ1) is 69.3. The number of pyridine rings is 1. The summed E-state index contributed by atoms with van der Waals surface area (Å²) in [6.07, 6.45) is 8.58. The molecule has 16 aromatic heterocycles. The summed E-state index contributed by atoms with van der Waals surface area (Å²) in [6.45, 7) is 6.97. The Bertz CT molecular complexity index is 7260. The molecule has 0 aliphatic carbocycles. The van der Waals surface area contributed by atoms with Crippen molar-refractivity contribution in [2.75, 3.05) is 65.9 Å². The monoisotopic (exact) mass is 2070 g/mol. The van der Waals surface area contributed by atoms with Crippen LogP contribution in [0.25, 0.3) is 112 Å². The van der Waals surface area contributed by atoms with Gasteiger partial charge in [0, 0.05) is 154 Å². The smallest absolute Gasteiger partial charge is 0.358 e.